The van der Waals surface area contributed by atoms with E-state index in [1.807, 2.05) is 13.8 Å². The van der Waals surface area contributed by atoms with Crippen LogP contribution >= 0.6 is 0 Å². The Morgan fingerprint density at radius 2 is 2.12 bits per heavy atom. The number of nitrogens with zero attached hydrogens (tertiary/aromatic N) is 1. The van der Waals surface area contributed by atoms with E-state index in [0.717, 1.165) is 32.0 Å². The quantitative estimate of drug-likeness (QED) is 0.722. The average molecular weight is 227 g/mol. The zero-order valence-electron chi connectivity index (χ0n) is 10.5. The molecule has 1 heterocycles. The Morgan fingerprint density at radius 1 is 1.50 bits per heavy atom. The molecule has 4 nitrogen and oxygen atoms in total. The monoisotopic (exact) mass is 227 g/mol. The largest absolute Gasteiger partial charge is 0.355 e. The SMILES string of the molecule is CCNC(=O)C(C)N1CCC(CCN)CC1. The molecule has 0 radical (unpaired) electrons. The molecule has 0 aliphatic carbocycles. The van der Waals surface area contributed by atoms with Crippen LogP contribution in [0.3, 0.4) is 0 Å². The highest BCUT2D eigenvalue weighted by Crippen LogP contribution is 2.21. The van der Waals surface area contributed by atoms with E-state index in [1.54, 1.807) is 0 Å². The molecule has 3 N–H and O–H groups in total. The molecule has 0 saturated carbocycles. The van der Waals surface area contributed by atoms with Gasteiger partial charge in [0.05, 0.1) is 6.04 Å². The topological polar surface area (TPSA) is 58.4 Å². The fourth-order valence-corrected chi connectivity index (χ4v) is 2.35. The normalized spacial score (nSPS) is 20.7. The van der Waals surface area contributed by atoms with Gasteiger partial charge in [-0.05, 0) is 58.7 Å². The lowest BCUT2D eigenvalue weighted by Gasteiger charge is -2.35. The van der Waals surface area contributed by atoms with E-state index in [0.29, 0.717) is 6.54 Å². The number of hydrogen-bond acceptors (Lipinski definition) is 3. The molecule has 1 atom stereocenters. The van der Waals surface area contributed by atoms with Gasteiger partial charge in [0.1, 0.15) is 0 Å². The minimum Gasteiger partial charge on any atom is -0.355 e. The Balaban J connectivity index is 2.32. The highest BCUT2D eigenvalue weighted by Gasteiger charge is 2.25. The number of likely N-dealkylation sites (tertiary alicyclic amines) is 1. The highest BCUT2D eigenvalue weighted by atomic mass is 16.2. The fraction of sp³-hybridized carbons (Fsp3) is 0.917. The van der Waals surface area contributed by atoms with Crippen LogP contribution in [0, 0.1) is 5.92 Å². The third-order valence-electron chi connectivity index (χ3n) is 3.50. The van der Waals surface area contributed by atoms with Crippen molar-refractivity contribution in [2.24, 2.45) is 11.7 Å². The summed E-state index contributed by atoms with van der Waals surface area (Å²) in [7, 11) is 0. The molecule has 0 spiro atoms. The van der Waals surface area contributed by atoms with Crippen LogP contribution in [0.5, 0.6) is 0 Å². The first-order chi connectivity index (χ1) is 7.69. The number of amides is 1. The van der Waals surface area contributed by atoms with Crippen LogP contribution in [0.1, 0.15) is 33.1 Å². The standard InChI is InChI=1S/C12H25N3O/c1-3-14-12(16)10(2)15-8-5-11(4-7-13)6-9-15/h10-11H,3-9,13H2,1-2H3,(H,14,16). The molecule has 94 valence electrons. The van der Waals surface area contributed by atoms with Crippen LogP contribution in [0.2, 0.25) is 0 Å². The van der Waals surface area contributed by atoms with Gasteiger partial charge in [-0.1, -0.05) is 0 Å². The molecule has 0 bridgehead atoms. The maximum atomic E-state index is 11.7. The van der Waals surface area contributed by atoms with Crippen molar-refractivity contribution >= 4 is 5.91 Å². The summed E-state index contributed by atoms with van der Waals surface area (Å²) in [5.74, 6) is 0.919. The molecule has 16 heavy (non-hydrogen) atoms. The van der Waals surface area contributed by atoms with Gasteiger partial charge in [0.2, 0.25) is 5.91 Å². The number of carbonyl (C=O) groups excluding carboxylic acids is 1. The number of piperidine rings is 1. The smallest absolute Gasteiger partial charge is 0.237 e. The van der Waals surface area contributed by atoms with Crippen molar-refractivity contribution in [3.63, 3.8) is 0 Å². The molecule has 1 unspecified atom stereocenters. The van der Waals surface area contributed by atoms with Crippen molar-refractivity contribution in [2.45, 2.75) is 39.2 Å². The summed E-state index contributed by atoms with van der Waals surface area (Å²) < 4.78 is 0. The van der Waals surface area contributed by atoms with Gasteiger partial charge in [-0.2, -0.15) is 0 Å². The Bertz CT molecular complexity index is 212. The van der Waals surface area contributed by atoms with Crippen LogP contribution in [0.25, 0.3) is 0 Å². The highest BCUT2D eigenvalue weighted by molar-refractivity contribution is 5.81. The van der Waals surface area contributed by atoms with E-state index in [1.165, 1.54) is 12.8 Å². The van der Waals surface area contributed by atoms with Crippen molar-refractivity contribution in [2.75, 3.05) is 26.2 Å². The van der Waals surface area contributed by atoms with Crippen LogP contribution in [-0.4, -0.2) is 43.0 Å². The van der Waals surface area contributed by atoms with Crippen LogP contribution < -0.4 is 11.1 Å². The Morgan fingerprint density at radius 3 is 2.62 bits per heavy atom. The minimum absolute atomic E-state index is 0.0128. The summed E-state index contributed by atoms with van der Waals surface area (Å²) >= 11 is 0. The second-order valence-corrected chi connectivity index (χ2v) is 4.63. The second-order valence-electron chi connectivity index (χ2n) is 4.63. The van der Waals surface area contributed by atoms with Gasteiger partial charge in [0, 0.05) is 6.54 Å². The lowest BCUT2D eigenvalue weighted by Crippen LogP contribution is -2.48. The summed E-state index contributed by atoms with van der Waals surface area (Å²) in [5, 5.41) is 2.88. The van der Waals surface area contributed by atoms with E-state index >= 15 is 0 Å². The van der Waals surface area contributed by atoms with Gasteiger partial charge < -0.3 is 11.1 Å². The first kappa shape index (κ1) is 13.5. The predicted octanol–water partition coefficient (Wildman–Crippen LogP) is 0.572. The number of hydrogen-bond donors (Lipinski definition) is 2. The molecule has 1 saturated heterocycles. The summed E-state index contributed by atoms with van der Waals surface area (Å²) in [6.45, 7) is 7.52. The maximum Gasteiger partial charge on any atom is 0.237 e. The van der Waals surface area contributed by atoms with E-state index < -0.39 is 0 Å². The zero-order chi connectivity index (χ0) is 12.0. The molecule has 0 aromatic carbocycles. The van der Waals surface area contributed by atoms with E-state index in [2.05, 4.69) is 10.2 Å². The molecular weight excluding hydrogens is 202 g/mol. The third-order valence-corrected chi connectivity index (χ3v) is 3.50. The molecule has 1 aliphatic rings. The van der Waals surface area contributed by atoms with Gasteiger partial charge in [-0.3, -0.25) is 9.69 Å². The molecule has 1 fully saturated rings. The predicted molar refractivity (Wildman–Crippen MR) is 66.1 cm³/mol. The molecule has 1 amide bonds. The first-order valence-electron chi connectivity index (χ1n) is 6.40. The Kier molecular flexibility index (Phi) is 5.77. The molecule has 1 rings (SSSR count). The minimum atomic E-state index is 0.0128. The number of likely N-dealkylation sites (N-methyl/N-ethyl adjacent to an activating group) is 1. The van der Waals surface area contributed by atoms with Gasteiger partial charge in [-0.15, -0.1) is 0 Å². The average Bonchev–Trinajstić information content (AvgIpc) is 2.30. The van der Waals surface area contributed by atoms with Crippen LogP contribution in [-0.2, 0) is 4.79 Å². The number of carbonyl (C=O) groups is 1. The summed E-state index contributed by atoms with van der Waals surface area (Å²) in [5.41, 5.74) is 5.56. The number of nitrogens with one attached hydrogen (secondary N) is 1. The van der Waals surface area contributed by atoms with Gasteiger partial charge >= 0.3 is 0 Å². The first-order valence-corrected chi connectivity index (χ1v) is 6.40. The summed E-state index contributed by atoms with van der Waals surface area (Å²) in [4.78, 5) is 14.0. The third kappa shape index (κ3) is 3.76. The molecule has 1 aliphatic heterocycles. The van der Waals surface area contributed by atoms with E-state index in [9.17, 15) is 4.79 Å². The van der Waals surface area contributed by atoms with Gasteiger partial charge in [0.25, 0.3) is 0 Å². The molecule has 0 aromatic heterocycles. The van der Waals surface area contributed by atoms with E-state index in [-0.39, 0.29) is 11.9 Å². The summed E-state index contributed by atoms with van der Waals surface area (Å²) in [6, 6.07) is 0.0128. The van der Waals surface area contributed by atoms with Gasteiger partial charge in [0.15, 0.2) is 0 Å². The lowest BCUT2D eigenvalue weighted by atomic mass is 9.93. The Hall–Kier alpha value is -0.610. The Labute approximate surface area is 98.6 Å². The zero-order valence-corrected chi connectivity index (χ0v) is 10.5. The molecule has 0 aromatic rings. The van der Waals surface area contributed by atoms with Crippen molar-refractivity contribution in [3.8, 4) is 0 Å². The molecule has 4 heteroatoms. The lowest BCUT2D eigenvalue weighted by molar-refractivity contribution is -0.126. The fourth-order valence-electron chi connectivity index (χ4n) is 2.35. The maximum absolute atomic E-state index is 11.7. The number of nitrogens with two attached hydrogens (primary N) is 1. The van der Waals surface area contributed by atoms with Crippen LogP contribution in [0.15, 0.2) is 0 Å². The number of rotatable bonds is 5. The van der Waals surface area contributed by atoms with Crippen molar-refractivity contribution < 1.29 is 4.79 Å². The molecular formula is C12H25N3O. The van der Waals surface area contributed by atoms with Crippen molar-refractivity contribution in [1.82, 2.24) is 10.2 Å². The van der Waals surface area contributed by atoms with Gasteiger partial charge in [-0.25, -0.2) is 0 Å². The summed E-state index contributed by atoms with van der Waals surface area (Å²) in [6.07, 6.45) is 3.49. The second kappa shape index (κ2) is 6.86. The van der Waals surface area contributed by atoms with Crippen LogP contribution in [0.4, 0.5) is 0 Å². The van der Waals surface area contributed by atoms with Crippen molar-refractivity contribution in [3.05, 3.63) is 0 Å². The van der Waals surface area contributed by atoms with Crippen molar-refractivity contribution in [1.29, 1.82) is 0 Å². The van der Waals surface area contributed by atoms with E-state index in [4.69, 9.17) is 5.73 Å².